The van der Waals surface area contributed by atoms with Crippen molar-refractivity contribution in [2.75, 3.05) is 5.32 Å². The summed E-state index contributed by atoms with van der Waals surface area (Å²) in [6.45, 7) is 0. The van der Waals surface area contributed by atoms with E-state index in [1.807, 2.05) is 0 Å². The SMILES string of the molecule is O=C(O)c1cccc2c(Nc3c(F)cccc3F)nccc12. The molecule has 0 saturated carbocycles. The average molecular weight is 300 g/mol. The molecule has 0 fully saturated rings. The lowest BCUT2D eigenvalue weighted by atomic mass is 10.1. The van der Waals surface area contributed by atoms with Gasteiger partial charge in [0.2, 0.25) is 0 Å². The van der Waals surface area contributed by atoms with Crippen LogP contribution in [0.25, 0.3) is 10.8 Å². The van der Waals surface area contributed by atoms with E-state index in [1.165, 1.54) is 18.3 Å². The minimum absolute atomic E-state index is 0.0944. The number of nitrogens with one attached hydrogen (secondary N) is 1. The molecule has 2 N–H and O–H groups in total. The second-order valence-corrected chi connectivity index (χ2v) is 4.59. The van der Waals surface area contributed by atoms with Crippen LogP contribution in [-0.2, 0) is 0 Å². The number of hydrogen-bond acceptors (Lipinski definition) is 3. The third-order valence-corrected chi connectivity index (χ3v) is 3.24. The van der Waals surface area contributed by atoms with Gasteiger partial charge >= 0.3 is 5.97 Å². The summed E-state index contributed by atoms with van der Waals surface area (Å²) in [6, 6.07) is 9.69. The van der Waals surface area contributed by atoms with E-state index in [9.17, 15) is 18.7 Å². The Morgan fingerprint density at radius 3 is 2.36 bits per heavy atom. The maximum absolute atomic E-state index is 13.7. The van der Waals surface area contributed by atoms with Crippen LogP contribution in [0.2, 0.25) is 0 Å². The number of carboxylic acid groups (broad SMARTS) is 1. The normalized spacial score (nSPS) is 10.6. The Morgan fingerprint density at radius 1 is 1.00 bits per heavy atom. The number of halogens is 2. The number of aromatic carboxylic acids is 1. The van der Waals surface area contributed by atoms with E-state index in [2.05, 4.69) is 10.3 Å². The van der Waals surface area contributed by atoms with Crippen LogP contribution in [0, 0.1) is 11.6 Å². The van der Waals surface area contributed by atoms with E-state index < -0.39 is 17.6 Å². The zero-order valence-electron chi connectivity index (χ0n) is 11.2. The molecule has 0 spiro atoms. The van der Waals surface area contributed by atoms with E-state index in [0.29, 0.717) is 10.8 Å². The third kappa shape index (κ3) is 2.35. The fourth-order valence-corrected chi connectivity index (χ4v) is 2.23. The maximum Gasteiger partial charge on any atom is 0.336 e. The lowest BCUT2D eigenvalue weighted by Crippen LogP contribution is -2.02. The Morgan fingerprint density at radius 2 is 1.68 bits per heavy atom. The molecule has 3 rings (SSSR count). The molecule has 110 valence electrons. The van der Waals surface area contributed by atoms with Crippen LogP contribution >= 0.6 is 0 Å². The molecule has 4 nitrogen and oxygen atoms in total. The van der Waals surface area contributed by atoms with Gasteiger partial charge in [-0.25, -0.2) is 18.6 Å². The van der Waals surface area contributed by atoms with Gasteiger partial charge in [-0.3, -0.25) is 0 Å². The molecule has 0 unspecified atom stereocenters. The van der Waals surface area contributed by atoms with Gasteiger partial charge in [0, 0.05) is 17.0 Å². The topological polar surface area (TPSA) is 62.2 Å². The van der Waals surface area contributed by atoms with Gasteiger partial charge in [0.05, 0.1) is 5.56 Å². The van der Waals surface area contributed by atoms with Gasteiger partial charge in [-0.05, 0) is 24.3 Å². The fraction of sp³-hybridized carbons (Fsp3) is 0. The highest BCUT2D eigenvalue weighted by Gasteiger charge is 2.14. The summed E-state index contributed by atoms with van der Waals surface area (Å²) >= 11 is 0. The second-order valence-electron chi connectivity index (χ2n) is 4.59. The smallest absolute Gasteiger partial charge is 0.336 e. The highest BCUT2D eigenvalue weighted by Crippen LogP contribution is 2.28. The van der Waals surface area contributed by atoms with Gasteiger partial charge in [-0.1, -0.05) is 18.2 Å². The van der Waals surface area contributed by atoms with Crippen LogP contribution in [0.3, 0.4) is 0 Å². The molecule has 0 amide bonds. The molecule has 2 aromatic carbocycles. The Bertz CT molecular complexity index is 861. The zero-order chi connectivity index (χ0) is 15.7. The predicted octanol–water partition coefficient (Wildman–Crippen LogP) is 3.95. The van der Waals surface area contributed by atoms with Gasteiger partial charge in [-0.2, -0.15) is 0 Å². The molecule has 6 heteroatoms. The number of pyridine rings is 1. The average Bonchev–Trinajstić information content (AvgIpc) is 2.50. The van der Waals surface area contributed by atoms with Crippen LogP contribution in [0.4, 0.5) is 20.3 Å². The number of nitrogens with zero attached hydrogens (tertiary/aromatic N) is 1. The molecule has 0 aliphatic rings. The highest BCUT2D eigenvalue weighted by molar-refractivity contribution is 6.06. The van der Waals surface area contributed by atoms with Gasteiger partial charge in [0.1, 0.15) is 23.1 Å². The highest BCUT2D eigenvalue weighted by atomic mass is 19.1. The molecule has 0 saturated heterocycles. The van der Waals surface area contributed by atoms with Gasteiger partial charge in [-0.15, -0.1) is 0 Å². The molecule has 0 atom stereocenters. The van der Waals surface area contributed by atoms with E-state index in [1.54, 1.807) is 18.2 Å². The summed E-state index contributed by atoms with van der Waals surface area (Å²) in [5, 5.41) is 12.7. The monoisotopic (exact) mass is 300 g/mol. The zero-order valence-corrected chi connectivity index (χ0v) is 11.2. The van der Waals surface area contributed by atoms with Crippen molar-refractivity contribution in [1.82, 2.24) is 4.98 Å². The molecule has 0 radical (unpaired) electrons. The standard InChI is InChI=1S/C16H10F2N2O2/c17-12-5-2-6-13(18)14(12)20-15-10-3-1-4-11(16(21)22)9(10)7-8-19-15/h1-8H,(H,19,20)(H,21,22). The summed E-state index contributed by atoms with van der Waals surface area (Å²) in [5.41, 5.74) is -0.236. The molecule has 0 aliphatic heterocycles. The number of anilines is 2. The summed E-state index contributed by atoms with van der Waals surface area (Å²) in [7, 11) is 0. The minimum Gasteiger partial charge on any atom is -0.478 e. The summed E-state index contributed by atoms with van der Waals surface area (Å²) < 4.78 is 27.4. The number of carbonyl (C=O) groups is 1. The molecular weight excluding hydrogens is 290 g/mol. The van der Waals surface area contributed by atoms with Crippen molar-refractivity contribution in [3.8, 4) is 0 Å². The second kappa shape index (κ2) is 5.40. The van der Waals surface area contributed by atoms with Gasteiger partial charge < -0.3 is 10.4 Å². The number of para-hydroxylation sites is 1. The molecule has 1 aromatic heterocycles. The molecule has 0 aliphatic carbocycles. The Labute approximate surface area is 124 Å². The van der Waals surface area contributed by atoms with E-state index in [4.69, 9.17) is 0 Å². The first-order valence-electron chi connectivity index (χ1n) is 6.40. The predicted molar refractivity (Wildman–Crippen MR) is 78.3 cm³/mol. The number of benzene rings is 2. The Kier molecular flexibility index (Phi) is 3.42. The largest absolute Gasteiger partial charge is 0.478 e. The Hall–Kier alpha value is -3.02. The van der Waals surface area contributed by atoms with Crippen LogP contribution in [0.5, 0.6) is 0 Å². The number of rotatable bonds is 3. The Balaban J connectivity index is 2.16. The maximum atomic E-state index is 13.7. The van der Waals surface area contributed by atoms with Crippen LogP contribution in [0.15, 0.2) is 48.7 Å². The van der Waals surface area contributed by atoms with Crippen molar-refractivity contribution in [2.24, 2.45) is 0 Å². The molecule has 3 aromatic rings. The quantitative estimate of drug-likeness (QED) is 0.768. The lowest BCUT2D eigenvalue weighted by molar-refractivity contribution is 0.0699. The van der Waals surface area contributed by atoms with Crippen LogP contribution < -0.4 is 5.32 Å². The summed E-state index contributed by atoms with van der Waals surface area (Å²) in [6.07, 6.45) is 1.38. The van der Waals surface area contributed by atoms with Crippen molar-refractivity contribution >= 4 is 28.2 Å². The first kappa shape index (κ1) is 13.9. The first-order valence-corrected chi connectivity index (χ1v) is 6.40. The number of fused-ring (bicyclic) bond motifs is 1. The number of aromatic nitrogens is 1. The summed E-state index contributed by atoms with van der Waals surface area (Å²) in [5.74, 6) is -2.41. The van der Waals surface area contributed by atoms with Crippen molar-refractivity contribution in [3.63, 3.8) is 0 Å². The third-order valence-electron chi connectivity index (χ3n) is 3.24. The summed E-state index contributed by atoms with van der Waals surface area (Å²) in [4.78, 5) is 15.3. The van der Waals surface area contributed by atoms with Crippen LogP contribution in [0.1, 0.15) is 10.4 Å². The first-order chi connectivity index (χ1) is 10.6. The molecular formula is C16H10F2N2O2. The van der Waals surface area contributed by atoms with Crippen molar-refractivity contribution in [2.45, 2.75) is 0 Å². The minimum atomic E-state index is -1.08. The fourth-order valence-electron chi connectivity index (χ4n) is 2.23. The van der Waals surface area contributed by atoms with Gasteiger partial charge in [0.25, 0.3) is 0 Å². The van der Waals surface area contributed by atoms with E-state index in [0.717, 1.165) is 12.1 Å². The van der Waals surface area contributed by atoms with Crippen molar-refractivity contribution in [3.05, 3.63) is 65.9 Å². The van der Waals surface area contributed by atoms with Gasteiger partial charge in [0.15, 0.2) is 0 Å². The van der Waals surface area contributed by atoms with Crippen molar-refractivity contribution in [1.29, 1.82) is 0 Å². The molecule has 0 bridgehead atoms. The van der Waals surface area contributed by atoms with Crippen molar-refractivity contribution < 1.29 is 18.7 Å². The number of hydrogen-bond donors (Lipinski definition) is 2. The van der Waals surface area contributed by atoms with E-state index in [-0.39, 0.29) is 17.1 Å². The number of carboxylic acids is 1. The lowest BCUT2D eigenvalue weighted by Gasteiger charge is -2.11. The molecule has 1 heterocycles. The van der Waals surface area contributed by atoms with E-state index >= 15 is 0 Å². The molecule has 22 heavy (non-hydrogen) atoms. The van der Waals surface area contributed by atoms with Crippen LogP contribution in [-0.4, -0.2) is 16.1 Å².